The maximum absolute atomic E-state index is 11.9. The number of hydrogen-bond acceptors (Lipinski definition) is 3. The number of aryl methyl sites for hydroxylation is 1. The fourth-order valence-electron chi connectivity index (χ4n) is 2.21. The molecule has 0 aliphatic rings. The van der Waals surface area contributed by atoms with Gasteiger partial charge in [0.05, 0.1) is 6.54 Å². The van der Waals surface area contributed by atoms with Crippen molar-refractivity contribution in [1.82, 2.24) is 5.32 Å². The van der Waals surface area contributed by atoms with Gasteiger partial charge in [0.25, 0.3) is 0 Å². The lowest BCUT2D eigenvalue weighted by Gasteiger charge is -2.03. The van der Waals surface area contributed by atoms with Crippen molar-refractivity contribution in [1.29, 1.82) is 0 Å². The summed E-state index contributed by atoms with van der Waals surface area (Å²) in [5.41, 5.74) is 2.16. The third kappa shape index (κ3) is 4.47. The number of carbonyl (C=O) groups is 1. The molecule has 0 spiro atoms. The molecule has 0 bridgehead atoms. The molecule has 0 atom stereocenters. The lowest BCUT2D eigenvalue weighted by molar-refractivity contribution is -0.121. The van der Waals surface area contributed by atoms with E-state index in [4.69, 9.17) is 16.0 Å². The number of rotatable bonds is 6. The number of halogens is 1. The second-order valence-corrected chi connectivity index (χ2v) is 6.40. The summed E-state index contributed by atoms with van der Waals surface area (Å²) in [6.45, 7) is 0.399. The van der Waals surface area contributed by atoms with E-state index in [1.165, 1.54) is 5.56 Å². The molecule has 0 saturated heterocycles. The van der Waals surface area contributed by atoms with Crippen LogP contribution in [0.3, 0.4) is 0 Å². The lowest BCUT2D eigenvalue weighted by Crippen LogP contribution is -2.22. The molecular weight excluding hydrogens is 330 g/mol. The maximum atomic E-state index is 11.9. The van der Waals surface area contributed by atoms with Crippen LogP contribution in [-0.2, 0) is 17.8 Å². The van der Waals surface area contributed by atoms with Crippen molar-refractivity contribution in [2.24, 2.45) is 0 Å². The lowest BCUT2D eigenvalue weighted by atomic mass is 10.2. The van der Waals surface area contributed by atoms with Gasteiger partial charge in [0, 0.05) is 17.0 Å². The standard InChI is InChI=1S/C18H16ClNO2S/c19-15-4-2-14(3-5-15)17-7-6-16(22-17)11-20-18(21)8-1-13-9-10-23-12-13/h2-7,9-10,12H,1,8,11H2,(H,20,21). The van der Waals surface area contributed by atoms with E-state index in [1.54, 1.807) is 11.3 Å². The Balaban J connectivity index is 1.50. The predicted octanol–water partition coefficient (Wildman–Crippen LogP) is 4.91. The van der Waals surface area contributed by atoms with E-state index in [-0.39, 0.29) is 5.91 Å². The van der Waals surface area contributed by atoms with Crippen LogP contribution in [0.25, 0.3) is 11.3 Å². The summed E-state index contributed by atoms with van der Waals surface area (Å²) < 4.78 is 5.75. The normalized spacial score (nSPS) is 10.7. The number of nitrogens with one attached hydrogen (secondary N) is 1. The molecule has 0 aliphatic heterocycles. The molecule has 0 saturated carbocycles. The van der Waals surface area contributed by atoms with Crippen molar-refractivity contribution in [3.05, 3.63) is 69.6 Å². The van der Waals surface area contributed by atoms with Gasteiger partial charge < -0.3 is 9.73 Å². The molecule has 23 heavy (non-hydrogen) atoms. The summed E-state index contributed by atoms with van der Waals surface area (Å²) in [4.78, 5) is 11.9. The Labute approximate surface area is 143 Å². The first kappa shape index (κ1) is 15.8. The second kappa shape index (κ2) is 7.49. The Morgan fingerprint density at radius 1 is 1.13 bits per heavy atom. The Morgan fingerprint density at radius 3 is 2.70 bits per heavy atom. The van der Waals surface area contributed by atoms with Gasteiger partial charge >= 0.3 is 0 Å². The zero-order valence-electron chi connectivity index (χ0n) is 12.4. The smallest absolute Gasteiger partial charge is 0.220 e. The first-order valence-electron chi connectivity index (χ1n) is 7.33. The van der Waals surface area contributed by atoms with Gasteiger partial charge in [0.15, 0.2) is 0 Å². The van der Waals surface area contributed by atoms with E-state index >= 15 is 0 Å². The van der Waals surface area contributed by atoms with Crippen LogP contribution in [0.15, 0.2) is 57.6 Å². The molecule has 2 aromatic heterocycles. The molecule has 0 fully saturated rings. The Kier molecular flexibility index (Phi) is 5.16. The molecule has 1 aromatic carbocycles. The van der Waals surface area contributed by atoms with Gasteiger partial charge in [-0.15, -0.1) is 0 Å². The molecular formula is C18H16ClNO2S. The number of thiophene rings is 1. The van der Waals surface area contributed by atoms with Crippen LogP contribution in [-0.4, -0.2) is 5.91 Å². The highest BCUT2D eigenvalue weighted by molar-refractivity contribution is 7.07. The molecule has 3 rings (SSSR count). The first-order valence-corrected chi connectivity index (χ1v) is 8.65. The van der Waals surface area contributed by atoms with Crippen LogP contribution in [0.4, 0.5) is 0 Å². The monoisotopic (exact) mass is 345 g/mol. The summed E-state index contributed by atoms with van der Waals surface area (Å²) in [5, 5.41) is 7.67. The zero-order valence-corrected chi connectivity index (χ0v) is 14.0. The Bertz CT molecular complexity index is 763. The molecule has 2 heterocycles. The van der Waals surface area contributed by atoms with Crippen molar-refractivity contribution in [3.8, 4) is 11.3 Å². The van der Waals surface area contributed by atoms with Crippen molar-refractivity contribution in [2.75, 3.05) is 0 Å². The average Bonchev–Trinajstić information content (AvgIpc) is 3.23. The van der Waals surface area contributed by atoms with Crippen molar-refractivity contribution in [3.63, 3.8) is 0 Å². The second-order valence-electron chi connectivity index (χ2n) is 5.18. The van der Waals surface area contributed by atoms with E-state index in [0.717, 1.165) is 23.5 Å². The predicted molar refractivity (Wildman–Crippen MR) is 93.6 cm³/mol. The highest BCUT2D eigenvalue weighted by Crippen LogP contribution is 2.23. The zero-order chi connectivity index (χ0) is 16.1. The van der Waals surface area contributed by atoms with Crippen molar-refractivity contribution < 1.29 is 9.21 Å². The Hall–Kier alpha value is -2.04. The van der Waals surface area contributed by atoms with Gasteiger partial charge in [-0.05, 0) is 65.2 Å². The van der Waals surface area contributed by atoms with E-state index in [2.05, 4.69) is 10.7 Å². The summed E-state index contributed by atoms with van der Waals surface area (Å²) >= 11 is 7.53. The van der Waals surface area contributed by atoms with Crippen LogP contribution in [0.2, 0.25) is 5.02 Å². The summed E-state index contributed by atoms with van der Waals surface area (Å²) in [5.74, 6) is 1.53. The molecule has 0 radical (unpaired) electrons. The first-order chi connectivity index (χ1) is 11.2. The van der Waals surface area contributed by atoms with Crippen LogP contribution < -0.4 is 5.32 Å². The minimum absolute atomic E-state index is 0.0284. The average molecular weight is 346 g/mol. The minimum Gasteiger partial charge on any atom is -0.459 e. The quantitative estimate of drug-likeness (QED) is 0.689. The minimum atomic E-state index is 0.0284. The van der Waals surface area contributed by atoms with Gasteiger partial charge in [0.2, 0.25) is 5.91 Å². The van der Waals surface area contributed by atoms with Gasteiger partial charge in [-0.25, -0.2) is 0 Å². The third-order valence-corrected chi connectivity index (χ3v) is 4.46. The van der Waals surface area contributed by atoms with E-state index in [0.29, 0.717) is 18.0 Å². The molecule has 1 N–H and O–H groups in total. The highest BCUT2D eigenvalue weighted by atomic mass is 35.5. The largest absolute Gasteiger partial charge is 0.459 e. The van der Waals surface area contributed by atoms with Crippen molar-refractivity contribution >= 4 is 28.8 Å². The molecule has 0 unspecified atom stereocenters. The van der Waals surface area contributed by atoms with Gasteiger partial charge in [-0.2, -0.15) is 11.3 Å². The van der Waals surface area contributed by atoms with E-state index in [9.17, 15) is 4.79 Å². The maximum Gasteiger partial charge on any atom is 0.220 e. The summed E-state index contributed by atoms with van der Waals surface area (Å²) in [7, 11) is 0. The van der Waals surface area contributed by atoms with Gasteiger partial charge in [-0.3, -0.25) is 4.79 Å². The van der Waals surface area contributed by atoms with Crippen LogP contribution in [0.1, 0.15) is 17.7 Å². The Morgan fingerprint density at radius 2 is 1.96 bits per heavy atom. The fourth-order valence-corrected chi connectivity index (χ4v) is 3.04. The van der Waals surface area contributed by atoms with Gasteiger partial charge in [0.1, 0.15) is 11.5 Å². The fraction of sp³-hybridized carbons (Fsp3) is 0.167. The molecule has 3 aromatic rings. The van der Waals surface area contributed by atoms with Crippen molar-refractivity contribution in [2.45, 2.75) is 19.4 Å². The number of benzene rings is 1. The van der Waals surface area contributed by atoms with E-state index < -0.39 is 0 Å². The highest BCUT2D eigenvalue weighted by Gasteiger charge is 2.07. The third-order valence-electron chi connectivity index (χ3n) is 3.47. The van der Waals surface area contributed by atoms with Crippen LogP contribution >= 0.6 is 22.9 Å². The van der Waals surface area contributed by atoms with E-state index in [1.807, 2.05) is 47.8 Å². The van der Waals surface area contributed by atoms with Crippen LogP contribution in [0, 0.1) is 0 Å². The molecule has 3 nitrogen and oxygen atoms in total. The number of amides is 1. The molecule has 0 aliphatic carbocycles. The molecule has 5 heteroatoms. The van der Waals surface area contributed by atoms with Gasteiger partial charge in [-0.1, -0.05) is 11.6 Å². The summed E-state index contributed by atoms with van der Waals surface area (Å²) in [6, 6.07) is 13.3. The topological polar surface area (TPSA) is 42.2 Å². The van der Waals surface area contributed by atoms with Crippen LogP contribution in [0.5, 0.6) is 0 Å². The SMILES string of the molecule is O=C(CCc1ccsc1)NCc1ccc(-c2ccc(Cl)cc2)o1. The number of carbonyl (C=O) groups excluding carboxylic acids is 1. The summed E-state index contributed by atoms with van der Waals surface area (Å²) in [6.07, 6.45) is 1.25. The number of furan rings is 1. The molecule has 1 amide bonds. The molecule has 118 valence electrons. The number of hydrogen-bond donors (Lipinski definition) is 1.